The molecule has 0 radical (unpaired) electrons. The topological polar surface area (TPSA) is 70.4 Å². The van der Waals surface area contributed by atoms with E-state index >= 15 is 0 Å². The maximum Gasteiger partial charge on any atom is 0.241 e. The molecular weight excluding hydrogens is 366 g/mol. The number of rotatable bonds is 5. The first-order valence-corrected chi connectivity index (χ1v) is 12.9. The third kappa shape index (κ3) is 4.46. The Morgan fingerprint density at radius 2 is 1.85 bits per heavy atom. The van der Waals surface area contributed by atoms with Crippen molar-refractivity contribution in [1.29, 1.82) is 0 Å². The summed E-state index contributed by atoms with van der Waals surface area (Å²) in [5.41, 5.74) is -0.316. The standard InChI is InChI=1S/C18H35N3O3SSi/c1-17(2,3)20-15(22)13-14-12(9-24-26(7,8)18(4,5)6)21(14)16(23)11(10-25)19-13/h11-14,19,25H,9-10H2,1-8H3,(H,20,22)/t11-,12+,13+,14+,21?/m0/s1. The summed E-state index contributed by atoms with van der Waals surface area (Å²) in [4.78, 5) is 27.2. The van der Waals surface area contributed by atoms with Crippen LogP contribution in [0.5, 0.6) is 0 Å². The van der Waals surface area contributed by atoms with Gasteiger partial charge in [-0.05, 0) is 38.9 Å². The van der Waals surface area contributed by atoms with Gasteiger partial charge in [-0.25, -0.2) is 0 Å². The largest absolute Gasteiger partial charge is 0.415 e. The Morgan fingerprint density at radius 1 is 1.27 bits per heavy atom. The lowest BCUT2D eigenvalue weighted by atomic mass is 10.0. The molecule has 0 bridgehead atoms. The van der Waals surface area contributed by atoms with Gasteiger partial charge in [-0.1, -0.05) is 20.8 Å². The van der Waals surface area contributed by atoms with Crippen LogP contribution in [0.25, 0.3) is 0 Å². The van der Waals surface area contributed by atoms with Gasteiger partial charge in [-0.2, -0.15) is 12.6 Å². The lowest BCUT2D eigenvalue weighted by molar-refractivity contribution is -0.133. The number of nitrogens with one attached hydrogen (secondary N) is 2. The van der Waals surface area contributed by atoms with Crippen molar-refractivity contribution in [2.45, 2.75) is 89.4 Å². The van der Waals surface area contributed by atoms with Gasteiger partial charge in [-0.3, -0.25) is 14.9 Å². The normalized spacial score (nSPS) is 29.4. The van der Waals surface area contributed by atoms with Crippen LogP contribution in [0.2, 0.25) is 18.1 Å². The van der Waals surface area contributed by atoms with Crippen molar-refractivity contribution in [1.82, 2.24) is 15.5 Å². The summed E-state index contributed by atoms with van der Waals surface area (Å²) in [6.07, 6.45) is 0. The van der Waals surface area contributed by atoms with Gasteiger partial charge < -0.3 is 14.6 Å². The van der Waals surface area contributed by atoms with E-state index in [4.69, 9.17) is 4.43 Å². The van der Waals surface area contributed by atoms with Crippen molar-refractivity contribution in [2.24, 2.45) is 0 Å². The Bertz CT molecular complexity index is 571. The number of thiol groups is 1. The number of fused-ring (bicyclic) bond motifs is 1. The molecule has 2 heterocycles. The van der Waals surface area contributed by atoms with Gasteiger partial charge in [0, 0.05) is 11.3 Å². The van der Waals surface area contributed by atoms with E-state index in [1.54, 1.807) is 0 Å². The zero-order valence-electron chi connectivity index (χ0n) is 17.3. The smallest absolute Gasteiger partial charge is 0.241 e. The zero-order valence-corrected chi connectivity index (χ0v) is 19.2. The Hall–Kier alpha value is -0.573. The molecule has 0 saturated carbocycles. The molecule has 0 spiro atoms. The summed E-state index contributed by atoms with van der Waals surface area (Å²) in [6, 6.07) is -1.02. The molecule has 2 fully saturated rings. The number of carbonyl (C=O) groups excluding carboxylic acids is 2. The van der Waals surface area contributed by atoms with Crippen molar-refractivity contribution in [3.8, 4) is 0 Å². The van der Waals surface area contributed by atoms with Gasteiger partial charge in [0.05, 0.1) is 24.7 Å². The van der Waals surface area contributed by atoms with Gasteiger partial charge in [-0.15, -0.1) is 0 Å². The lowest BCUT2D eigenvalue weighted by Crippen LogP contribution is -2.62. The van der Waals surface area contributed by atoms with Gasteiger partial charge in [0.1, 0.15) is 6.04 Å². The van der Waals surface area contributed by atoms with Crippen LogP contribution in [-0.2, 0) is 14.0 Å². The van der Waals surface area contributed by atoms with E-state index in [-0.39, 0.29) is 34.5 Å². The van der Waals surface area contributed by atoms with E-state index in [1.165, 1.54) is 0 Å². The molecule has 2 aliphatic heterocycles. The van der Waals surface area contributed by atoms with Crippen LogP contribution >= 0.6 is 12.6 Å². The minimum Gasteiger partial charge on any atom is -0.415 e. The maximum absolute atomic E-state index is 12.8. The fourth-order valence-electron chi connectivity index (χ4n) is 3.06. The average molecular weight is 402 g/mol. The molecule has 8 heteroatoms. The van der Waals surface area contributed by atoms with Crippen LogP contribution in [0, 0.1) is 0 Å². The molecule has 150 valence electrons. The molecule has 6 nitrogen and oxygen atoms in total. The van der Waals surface area contributed by atoms with Crippen LogP contribution in [0.4, 0.5) is 0 Å². The van der Waals surface area contributed by atoms with Gasteiger partial charge in [0.25, 0.3) is 0 Å². The molecule has 0 aliphatic carbocycles. The van der Waals surface area contributed by atoms with Crippen LogP contribution in [0.15, 0.2) is 0 Å². The van der Waals surface area contributed by atoms with E-state index in [0.29, 0.717) is 12.4 Å². The average Bonchev–Trinajstić information content (AvgIpc) is 3.17. The third-order valence-electron chi connectivity index (χ3n) is 5.64. The predicted molar refractivity (Wildman–Crippen MR) is 110 cm³/mol. The molecule has 0 aromatic rings. The molecule has 0 unspecified atom stereocenters. The van der Waals surface area contributed by atoms with Gasteiger partial charge >= 0.3 is 0 Å². The second-order valence-corrected chi connectivity index (χ2v) is 15.2. The third-order valence-corrected chi connectivity index (χ3v) is 10.5. The second-order valence-electron chi connectivity index (χ2n) is 9.99. The van der Waals surface area contributed by atoms with E-state index in [0.717, 1.165) is 0 Å². The molecule has 2 saturated heterocycles. The summed E-state index contributed by atoms with van der Waals surface area (Å²) in [7, 11) is -1.90. The van der Waals surface area contributed by atoms with Crippen LogP contribution < -0.4 is 10.6 Å². The van der Waals surface area contributed by atoms with E-state index in [1.807, 2.05) is 25.7 Å². The van der Waals surface area contributed by atoms with E-state index < -0.39 is 20.4 Å². The Kier molecular flexibility index (Phi) is 5.94. The predicted octanol–water partition coefficient (Wildman–Crippen LogP) is 1.77. The number of carbonyl (C=O) groups is 2. The van der Waals surface area contributed by atoms with E-state index in [9.17, 15) is 9.59 Å². The minimum absolute atomic E-state index is 0.0219. The quantitative estimate of drug-likeness (QED) is 0.373. The van der Waals surface area contributed by atoms with Crippen LogP contribution in [-0.4, -0.2) is 67.1 Å². The van der Waals surface area contributed by atoms with Gasteiger partial charge in [0.15, 0.2) is 8.32 Å². The molecular formula is C18H35N3O3SSi. The second kappa shape index (κ2) is 7.11. The highest BCUT2D eigenvalue weighted by Gasteiger charge is 2.62. The summed E-state index contributed by atoms with van der Waals surface area (Å²) in [5.74, 6) is 0.326. The SMILES string of the molecule is CC(C)(C)NC(=O)[C@@H]1N[C@@H](CS)C(=O)N2[C@@H]1[C@H]2CO[Si](C)(C)C(C)(C)C. The Morgan fingerprint density at radius 3 is 2.31 bits per heavy atom. The highest BCUT2D eigenvalue weighted by atomic mass is 32.1. The summed E-state index contributed by atoms with van der Waals surface area (Å²) >= 11 is 4.28. The lowest BCUT2D eigenvalue weighted by Gasteiger charge is -2.36. The number of nitrogens with zero attached hydrogens (tertiary/aromatic N) is 1. The van der Waals surface area contributed by atoms with Crippen LogP contribution in [0.1, 0.15) is 41.5 Å². The first-order chi connectivity index (χ1) is 11.7. The van der Waals surface area contributed by atoms with Crippen molar-refractivity contribution < 1.29 is 14.0 Å². The van der Waals surface area contributed by atoms with Crippen molar-refractivity contribution in [2.75, 3.05) is 12.4 Å². The fourth-order valence-corrected chi connectivity index (χ4v) is 4.34. The van der Waals surface area contributed by atoms with E-state index in [2.05, 4.69) is 57.1 Å². The maximum atomic E-state index is 12.8. The minimum atomic E-state index is -1.90. The van der Waals surface area contributed by atoms with Crippen molar-refractivity contribution in [3.63, 3.8) is 0 Å². The first-order valence-electron chi connectivity index (χ1n) is 9.35. The summed E-state index contributed by atoms with van der Waals surface area (Å²) in [6.45, 7) is 17.4. The Balaban J connectivity index is 2.11. The first kappa shape index (κ1) is 21.7. The molecule has 2 N–H and O–H groups in total. The monoisotopic (exact) mass is 401 g/mol. The van der Waals surface area contributed by atoms with Crippen LogP contribution in [0.3, 0.4) is 0 Å². The van der Waals surface area contributed by atoms with Gasteiger partial charge in [0.2, 0.25) is 11.8 Å². The summed E-state index contributed by atoms with van der Waals surface area (Å²) < 4.78 is 6.32. The zero-order chi connectivity index (χ0) is 20.1. The highest BCUT2D eigenvalue weighted by molar-refractivity contribution is 7.80. The molecule has 4 atom stereocenters. The molecule has 2 aliphatic rings. The molecule has 2 rings (SSSR count). The number of hydrogen-bond acceptors (Lipinski definition) is 5. The molecule has 2 amide bonds. The summed E-state index contributed by atoms with van der Waals surface area (Å²) in [5, 5.41) is 6.34. The van der Waals surface area contributed by atoms with Crippen molar-refractivity contribution in [3.05, 3.63) is 0 Å². The number of hydrogen-bond donors (Lipinski definition) is 3. The number of amides is 2. The number of piperazine rings is 1. The van der Waals surface area contributed by atoms with Crippen molar-refractivity contribution >= 4 is 32.8 Å². The molecule has 0 aromatic heterocycles. The fraction of sp³-hybridized carbons (Fsp3) is 0.889. The molecule has 0 aromatic carbocycles. The Labute approximate surface area is 164 Å². The highest BCUT2D eigenvalue weighted by Crippen LogP contribution is 2.40. The molecule has 26 heavy (non-hydrogen) atoms.